The molecule has 3 amide bonds. The second-order valence-corrected chi connectivity index (χ2v) is 8.25. The fraction of sp³-hybridized carbons (Fsp3) is 0.609. The zero-order chi connectivity index (χ0) is 21.9. The van der Waals surface area contributed by atoms with Crippen LogP contribution in [0.3, 0.4) is 0 Å². The first-order valence-corrected chi connectivity index (χ1v) is 11.0. The molecule has 1 aromatic carbocycles. The first-order chi connectivity index (χ1) is 14.4. The maximum absolute atomic E-state index is 12.5. The average molecular weight is 417 g/mol. The molecule has 0 aliphatic carbocycles. The summed E-state index contributed by atoms with van der Waals surface area (Å²) in [4.78, 5) is 40.6. The van der Waals surface area contributed by atoms with Gasteiger partial charge in [0.1, 0.15) is 0 Å². The molecule has 0 bridgehead atoms. The highest BCUT2D eigenvalue weighted by molar-refractivity contribution is 5.97. The number of rotatable bonds is 10. The first-order valence-electron chi connectivity index (χ1n) is 11.0. The van der Waals surface area contributed by atoms with E-state index in [1.165, 1.54) is 17.7 Å². The van der Waals surface area contributed by atoms with Gasteiger partial charge in [0.25, 0.3) is 5.91 Å². The lowest BCUT2D eigenvalue weighted by Crippen LogP contribution is -2.45. The Labute approximate surface area is 180 Å². The maximum atomic E-state index is 12.5. The Morgan fingerprint density at radius 1 is 1.17 bits per heavy atom. The lowest BCUT2D eigenvalue weighted by molar-refractivity contribution is -0.128. The summed E-state index contributed by atoms with van der Waals surface area (Å²) in [6, 6.07) is 6.95. The summed E-state index contributed by atoms with van der Waals surface area (Å²) in [7, 11) is 3.39. The molecule has 1 aliphatic heterocycles. The van der Waals surface area contributed by atoms with E-state index in [9.17, 15) is 14.4 Å². The van der Waals surface area contributed by atoms with Crippen molar-refractivity contribution in [3.63, 3.8) is 0 Å². The smallest absolute Gasteiger partial charge is 0.253 e. The number of likely N-dealkylation sites (tertiary alicyclic amines) is 1. The highest BCUT2D eigenvalue weighted by Crippen LogP contribution is 2.17. The van der Waals surface area contributed by atoms with Gasteiger partial charge in [-0.1, -0.05) is 32.3 Å². The molecule has 2 rings (SSSR count). The van der Waals surface area contributed by atoms with E-state index in [0.29, 0.717) is 17.8 Å². The fourth-order valence-corrected chi connectivity index (χ4v) is 3.71. The molecular formula is C23H36N4O3. The van der Waals surface area contributed by atoms with Gasteiger partial charge < -0.3 is 15.5 Å². The van der Waals surface area contributed by atoms with E-state index in [1.54, 1.807) is 38.4 Å². The second kappa shape index (κ2) is 12.3. The number of carbonyl (C=O) groups is 3. The van der Waals surface area contributed by atoms with E-state index in [2.05, 4.69) is 17.6 Å². The minimum absolute atomic E-state index is 0.0567. The molecule has 0 radical (unpaired) electrons. The molecule has 1 atom stereocenters. The number of hydrogen-bond donors (Lipinski definition) is 2. The van der Waals surface area contributed by atoms with E-state index in [1.807, 2.05) is 4.90 Å². The summed E-state index contributed by atoms with van der Waals surface area (Å²) in [5, 5.41) is 5.92. The highest BCUT2D eigenvalue weighted by atomic mass is 16.2. The van der Waals surface area contributed by atoms with Crippen LogP contribution < -0.4 is 10.6 Å². The molecular weight excluding hydrogens is 380 g/mol. The predicted octanol–water partition coefficient (Wildman–Crippen LogP) is 2.74. The first kappa shape index (κ1) is 23.9. The Morgan fingerprint density at radius 2 is 1.97 bits per heavy atom. The van der Waals surface area contributed by atoms with Gasteiger partial charge in [-0.05, 0) is 44.0 Å². The van der Waals surface area contributed by atoms with Crippen LogP contribution in [0.2, 0.25) is 0 Å². The van der Waals surface area contributed by atoms with Crippen LogP contribution >= 0.6 is 0 Å². The quantitative estimate of drug-likeness (QED) is 0.575. The standard InChI is InChI=1S/C23H36N4O3/c1-4-5-6-7-13-24-22(29)19-11-9-14-27(16-19)17-21(28)25-20-12-8-10-18(15-20)23(30)26(2)3/h8,10,12,15,19H,4-7,9,11,13-14,16-17H2,1-3H3,(H,24,29)(H,25,28). The van der Waals surface area contributed by atoms with Gasteiger partial charge in [-0.3, -0.25) is 19.3 Å². The van der Waals surface area contributed by atoms with Gasteiger partial charge in [0.2, 0.25) is 11.8 Å². The van der Waals surface area contributed by atoms with Gasteiger partial charge in [0, 0.05) is 38.4 Å². The summed E-state index contributed by atoms with van der Waals surface area (Å²) in [6.45, 7) is 4.57. The molecule has 1 aliphatic rings. The molecule has 1 saturated heterocycles. The summed E-state index contributed by atoms with van der Waals surface area (Å²) in [6.07, 6.45) is 6.34. The van der Waals surface area contributed by atoms with Crippen molar-refractivity contribution in [3.8, 4) is 0 Å². The van der Waals surface area contributed by atoms with E-state index in [4.69, 9.17) is 0 Å². The molecule has 0 aromatic heterocycles. The van der Waals surface area contributed by atoms with Crippen molar-refractivity contribution in [1.82, 2.24) is 15.1 Å². The second-order valence-electron chi connectivity index (χ2n) is 8.25. The number of carbonyl (C=O) groups excluding carboxylic acids is 3. The molecule has 166 valence electrons. The molecule has 2 N–H and O–H groups in total. The van der Waals surface area contributed by atoms with Crippen LogP contribution in [0, 0.1) is 5.92 Å². The van der Waals surface area contributed by atoms with Crippen molar-refractivity contribution in [2.75, 3.05) is 45.6 Å². The lowest BCUT2D eigenvalue weighted by Gasteiger charge is -2.31. The lowest BCUT2D eigenvalue weighted by atomic mass is 9.97. The number of piperidine rings is 1. The monoisotopic (exact) mass is 416 g/mol. The van der Waals surface area contributed by atoms with Gasteiger partial charge in [-0.15, -0.1) is 0 Å². The maximum Gasteiger partial charge on any atom is 0.253 e. The molecule has 7 nitrogen and oxygen atoms in total. The van der Waals surface area contributed by atoms with E-state index < -0.39 is 0 Å². The summed E-state index contributed by atoms with van der Waals surface area (Å²) >= 11 is 0. The predicted molar refractivity (Wildman–Crippen MR) is 119 cm³/mol. The molecule has 1 unspecified atom stereocenters. The van der Waals surface area contributed by atoms with Crippen molar-refractivity contribution in [3.05, 3.63) is 29.8 Å². The Morgan fingerprint density at radius 3 is 2.70 bits per heavy atom. The number of hydrogen-bond acceptors (Lipinski definition) is 4. The van der Waals surface area contributed by atoms with Gasteiger partial charge >= 0.3 is 0 Å². The Bertz CT molecular complexity index is 720. The van der Waals surface area contributed by atoms with Crippen LogP contribution in [0.25, 0.3) is 0 Å². The Hall–Kier alpha value is -2.41. The van der Waals surface area contributed by atoms with Crippen LogP contribution in [-0.4, -0.2) is 67.8 Å². The number of benzene rings is 1. The van der Waals surface area contributed by atoms with Crippen molar-refractivity contribution in [2.45, 2.75) is 45.4 Å². The SMILES string of the molecule is CCCCCCNC(=O)C1CCCN(CC(=O)Nc2cccc(C(=O)N(C)C)c2)C1. The highest BCUT2D eigenvalue weighted by Gasteiger charge is 2.26. The van der Waals surface area contributed by atoms with Gasteiger partial charge in [0.15, 0.2) is 0 Å². The minimum atomic E-state index is -0.134. The molecule has 0 spiro atoms. The summed E-state index contributed by atoms with van der Waals surface area (Å²) in [5.41, 5.74) is 1.14. The topological polar surface area (TPSA) is 81.8 Å². The van der Waals surface area contributed by atoms with Crippen LogP contribution in [0.1, 0.15) is 55.8 Å². The third-order valence-corrected chi connectivity index (χ3v) is 5.37. The summed E-state index contributed by atoms with van der Waals surface area (Å²) < 4.78 is 0. The van der Waals surface area contributed by atoms with Crippen molar-refractivity contribution in [2.24, 2.45) is 5.92 Å². The van der Waals surface area contributed by atoms with Crippen molar-refractivity contribution >= 4 is 23.4 Å². The third-order valence-electron chi connectivity index (χ3n) is 5.37. The number of anilines is 1. The van der Waals surface area contributed by atoms with Gasteiger partial charge in [-0.2, -0.15) is 0 Å². The van der Waals surface area contributed by atoms with Crippen LogP contribution in [-0.2, 0) is 9.59 Å². The molecule has 1 fully saturated rings. The van der Waals surface area contributed by atoms with Crippen LogP contribution in [0.4, 0.5) is 5.69 Å². The van der Waals surface area contributed by atoms with E-state index >= 15 is 0 Å². The number of unbranched alkanes of at least 4 members (excludes halogenated alkanes) is 3. The van der Waals surface area contributed by atoms with E-state index in [0.717, 1.165) is 38.8 Å². The van der Waals surface area contributed by atoms with Crippen molar-refractivity contribution < 1.29 is 14.4 Å². The molecule has 7 heteroatoms. The fourth-order valence-electron chi connectivity index (χ4n) is 3.71. The Kier molecular flexibility index (Phi) is 9.80. The van der Waals surface area contributed by atoms with Gasteiger partial charge in [0.05, 0.1) is 12.5 Å². The Balaban J connectivity index is 1.80. The molecule has 1 aromatic rings. The largest absolute Gasteiger partial charge is 0.356 e. The molecule has 0 saturated carbocycles. The zero-order valence-electron chi connectivity index (χ0n) is 18.6. The van der Waals surface area contributed by atoms with E-state index in [-0.39, 0.29) is 30.2 Å². The number of nitrogens with zero attached hydrogens (tertiary/aromatic N) is 2. The average Bonchev–Trinajstić information content (AvgIpc) is 2.73. The van der Waals surface area contributed by atoms with Crippen molar-refractivity contribution in [1.29, 1.82) is 0 Å². The zero-order valence-corrected chi connectivity index (χ0v) is 18.6. The normalized spacial score (nSPS) is 16.7. The van der Waals surface area contributed by atoms with Crippen LogP contribution in [0.15, 0.2) is 24.3 Å². The summed E-state index contributed by atoms with van der Waals surface area (Å²) in [5.74, 6) is -0.193. The van der Waals surface area contributed by atoms with Crippen LogP contribution in [0.5, 0.6) is 0 Å². The third kappa shape index (κ3) is 7.78. The number of amides is 3. The molecule has 1 heterocycles. The van der Waals surface area contributed by atoms with Gasteiger partial charge in [-0.25, -0.2) is 0 Å². The number of nitrogens with one attached hydrogen (secondary N) is 2. The minimum Gasteiger partial charge on any atom is -0.356 e. The molecule has 30 heavy (non-hydrogen) atoms.